The zero-order valence-corrected chi connectivity index (χ0v) is 12.6. The van der Waals surface area contributed by atoms with Crippen LogP contribution in [-0.2, 0) is 0 Å². The van der Waals surface area contributed by atoms with Crippen LogP contribution in [0.5, 0.6) is 0 Å². The van der Waals surface area contributed by atoms with E-state index in [1.165, 1.54) is 0 Å². The minimum atomic E-state index is -0.0441. The van der Waals surface area contributed by atoms with Crippen LogP contribution in [-0.4, -0.2) is 12.8 Å². The van der Waals surface area contributed by atoms with Gasteiger partial charge in [0.1, 0.15) is 0 Å². The molecule has 0 spiro atoms. The molecule has 3 nitrogen and oxygen atoms in total. The lowest BCUT2D eigenvalue weighted by Crippen LogP contribution is -2.43. The summed E-state index contributed by atoms with van der Waals surface area (Å²) < 4.78 is 0. The van der Waals surface area contributed by atoms with Gasteiger partial charge in [-0.1, -0.05) is 62.1 Å². The van der Waals surface area contributed by atoms with Gasteiger partial charge in [-0.2, -0.15) is 0 Å². The quantitative estimate of drug-likeness (QED) is 0.617. The lowest BCUT2D eigenvalue weighted by atomic mass is 10.3. The summed E-state index contributed by atoms with van der Waals surface area (Å²) in [5.74, 6) is 0. The third kappa shape index (κ3) is 8.29. The molecule has 110 valence electrons. The number of allylic oxidation sites excluding steroid dienone is 5. The lowest BCUT2D eigenvalue weighted by Gasteiger charge is -2.26. The number of hydrogen-bond donors (Lipinski definition) is 2. The molecular formula is C17H27N3. The second-order valence-corrected chi connectivity index (χ2v) is 4.19. The third-order valence-electron chi connectivity index (χ3n) is 2.51. The van der Waals surface area contributed by atoms with Crippen LogP contribution in [0.25, 0.3) is 0 Å². The first-order chi connectivity index (χ1) is 9.67. The van der Waals surface area contributed by atoms with Crippen LogP contribution in [0.15, 0.2) is 67.3 Å². The summed E-state index contributed by atoms with van der Waals surface area (Å²) >= 11 is 0. The van der Waals surface area contributed by atoms with Crippen molar-refractivity contribution in [3.8, 4) is 0 Å². The Balaban J connectivity index is 0.000000396. The Kier molecular flexibility index (Phi) is 11.1. The molecule has 0 saturated heterocycles. The number of nitrogens with zero attached hydrogens (tertiary/aromatic N) is 1. The summed E-state index contributed by atoms with van der Waals surface area (Å²) in [7, 11) is 0. The van der Waals surface area contributed by atoms with Gasteiger partial charge in [0, 0.05) is 5.69 Å². The van der Waals surface area contributed by atoms with Crippen molar-refractivity contribution in [3.63, 3.8) is 0 Å². The number of rotatable bonds is 6. The van der Waals surface area contributed by atoms with E-state index in [2.05, 4.69) is 19.6 Å². The highest BCUT2D eigenvalue weighted by atomic mass is 15.3. The summed E-state index contributed by atoms with van der Waals surface area (Å²) in [6, 6.07) is 9.91. The van der Waals surface area contributed by atoms with E-state index in [1.54, 1.807) is 6.08 Å². The molecule has 0 aliphatic heterocycles. The fourth-order valence-electron chi connectivity index (χ4n) is 1.48. The van der Waals surface area contributed by atoms with Crippen LogP contribution in [0.1, 0.15) is 20.3 Å². The second-order valence-electron chi connectivity index (χ2n) is 4.19. The summed E-state index contributed by atoms with van der Waals surface area (Å²) in [6.45, 7) is 8.01. The van der Waals surface area contributed by atoms with Crippen molar-refractivity contribution in [2.75, 3.05) is 11.6 Å². The smallest absolute Gasteiger partial charge is 0.0755 e. The zero-order valence-electron chi connectivity index (χ0n) is 12.6. The molecular weight excluding hydrogens is 246 g/mol. The highest BCUT2D eigenvalue weighted by molar-refractivity contribution is 5.46. The van der Waals surface area contributed by atoms with E-state index >= 15 is 0 Å². The van der Waals surface area contributed by atoms with Gasteiger partial charge in [0.25, 0.3) is 0 Å². The fraction of sp³-hybridized carbons (Fsp3) is 0.294. The molecule has 0 amide bonds. The molecule has 3 heteroatoms. The van der Waals surface area contributed by atoms with E-state index in [4.69, 9.17) is 11.5 Å². The van der Waals surface area contributed by atoms with Gasteiger partial charge in [0.2, 0.25) is 0 Å². The maximum atomic E-state index is 5.73. The average Bonchev–Trinajstić information content (AvgIpc) is 2.46. The SMILES string of the molecule is C=C/C=C\C=C/CC.CC(N)N(CN)c1ccccc1. The maximum absolute atomic E-state index is 5.73. The topological polar surface area (TPSA) is 55.3 Å². The van der Waals surface area contributed by atoms with E-state index in [0.29, 0.717) is 6.67 Å². The van der Waals surface area contributed by atoms with Crippen LogP contribution in [0.2, 0.25) is 0 Å². The van der Waals surface area contributed by atoms with Crippen molar-refractivity contribution in [2.24, 2.45) is 11.5 Å². The number of anilines is 1. The van der Waals surface area contributed by atoms with Crippen LogP contribution in [0.3, 0.4) is 0 Å². The number of para-hydroxylation sites is 1. The molecule has 0 radical (unpaired) electrons. The molecule has 0 aromatic heterocycles. The second kappa shape index (κ2) is 12.2. The number of benzene rings is 1. The predicted octanol–water partition coefficient (Wildman–Crippen LogP) is 3.41. The number of nitrogens with two attached hydrogens (primary N) is 2. The third-order valence-corrected chi connectivity index (χ3v) is 2.51. The molecule has 1 aromatic rings. The summed E-state index contributed by atoms with van der Waals surface area (Å²) in [5.41, 5.74) is 12.3. The van der Waals surface area contributed by atoms with Gasteiger partial charge in [0.05, 0.1) is 12.8 Å². The minimum Gasteiger partial charge on any atom is -0.344 e. The Morgan fingerprint density at radius 1 is 1.20 bits per heavy atom. The first kappa shape index (κ1) is 18.2. The standard InChI is InChI=1S/C9H15N3.C8H12/c1-8(11)12(7-10)9-5-3-2-4-6-9;1-3-5-7-8-6-4-2/h2-6,8H,7,10-11H2,1H3;3,5-8H,1,4H2,2H3/b;7-5-,8-6-. The zero-order chi connectivity index (χ0) is 15.2. The van der Waals surface area contributed by atoms with Crippen molar-refractivity contribution in [1.29, 1.82) is 0 Å². The van der Waals surface area contributed by atoms with Gasteiger partial charge < -0.3 is 16.4 Å². The van der Waals surface area contributed by atoms with E-state index in [0.717, 1.165) is 12.1 Å². The Labute approximate surface area is 123 Å². The van der Waals surface area contributed by atoms with E-state index in [-0.39, 0.29) is 6.17 Å². The Morgan fingerprint density at radius 2 is 1.85 bits per heavy atom. The molecule has 20 heavy (non-hydrogen) atoms. The normalized spacial score (nSPS) is 12.0. The van der Waals surface area contributed by atoms with Crippen molar-refractivity contribution in [1.82, 2.24) is 0 Å². The molecule has 0 bridgehead atoms. The summed E-state index contributed by atoms with van der Waals surface area (Å²) in [5, 5.41) is 0. The first-order valence-electron chi connectivity index (χ1n) is 6.88. The molecule has 0 aliphatic rings. The Hall–Kier alpha value is -1.84. The molecule has 4 N–H and O–H groups in total. The van der Waals surface area contributed by atoms with Gasteiger partial charge in [-0.05, 0) is 25.5 Å². The van der Waals surface area contributed by atoms with Gasteiger partial charge in [-0.15, -0.1) is 0 Å². The largest absolute Gasteiger partial charge is 0.344 e. The van der Waals surface area contributed by atoms with Gasteiger partial charge in [-0.3, -0.25) is 0 Å². The van der Waals surface area contributed by atoms with Gasteiger partial charge in [0.15, 0.2) is 0 Å². The van der Waals surface area contributed by atoms with Crippen molar-refractivity contribution in [3.05, 3.63) is 67.3 Å². The van der Waals surface area contributed by atoms with Gasteiger partial charge in [-0.25, -0.2) is 0 Å². The highest BCUT2D eigenvalue weighted by Crippen LogP contribution is 2.12. The highest BCUT2D eigenvalue weighted by Gasteiger charge is 2.06. The van der Waals surface area contributed by atoms with Crippen molar-refractivity contribution in [2.45, 2.75) is 26.4 Å². The molecule has 1 aromatic carbocycles. The first-order valence-corrected chi connectivity index (χ1v) is 6.88. The predicted molar refractivity (Wildman–Crippen MR) is 90.4 cm³/mol. The Morgan fingerprint density at radius 3 is 2.30 bits per heavy atom. The lowest BCUT2D eigenvalue weighted by molar-refractivity contribution is 0.667. The fourth-order valence-corrected chi connectivity index (χ4v) is 1.48. The molecule has 0 aliphatic carbocycles. The summed E-state index contributed by atoms with van der Waals surface area (Å²) in [4.78, 5) is 1.93. The minimum absolute atomic E-state index is 0.0441. The molecule has 0 heterocycles. The molecule has 0 fully saturated rings. The molecule has 1 unspecified atom stereocenters. The van der Waals surface area contributed by atoms with E-state index in [9.17, 15) is 0 Å². The maximum Gasteiger partial charge on any atom is 0.0755 e. The average molecular weight is 273 g/mol. The van der Waals surface area contributed by atoms with Gasteiger partial charge >= 0.3 is 0 Å². The van der Waals surface area contributed by atoms with Crippen LogP contribution in [0, 0.1) is 0 Å². The van der Waals surface area contributed by atoms with E-state index < -0.39 is 0 Å². The summed E-state index contributed by atoms with van der Waals surface area (Å²) in [6.07, 6.45) is 10.8. The van der Waals surface area contributed by atoms with Crippen LogP contribution in [0.4, 0.5) is 5.69 Å². The van der Waals surface area contributed by atoms with Crippen LogP contribution >= 0.6 is 0 Å². The van der Waals surface area contributed by atoms with Crippen LogP contribution < -0.4 is 16.4 Å². The molecule has 1 rings (SSSR count). The monoisotopic (exact) mass is 273 g/mol. The van der Waals surface area contributed by atoms with Crippen molar-refractivity contribution >= 4 is 5.69 Å². The van der Waals surface area contributed by atoms with Crippen molar-refractivity contribution < 1.29 is 0 Å². The molecule has 1 atom stereocenters. The number of hydrogen-bond acceptors (Lipinski definition) is 3. The van der Waals surface area contributed by atoms with E-state index in [1.807, 2.05) is 60.4 Å². The molecule has 0 saturated carbocycles. The Bertz CT molecular complexity index is 394.